The van der Waals surface area contributed by atoms with Crippen LogP contribution in [0.1, 0.15) is 118 Å². The van der Waals surface area contributed by atoms with E-state index in [0.29, 0.717) is 58.0 Å². The van der Waals surface area contributed by atoms with Crippen molar-refractivity contribution in [1.29, 1.82) is 0 Å². The van der Waals surface area contributed by atoms with Crippen LogP contribution in [0.3, 0.4) is 0 Å². The fraction of sp³-hybridized carbons (Fsp3) is 0.679. The molecule has 2 aliphatic heterocycles. The Bertz CT molecular complexity index is 2040. The molecule has 1 saturated heterocycles. The number of nitrogens with two attached hydrogens (primary N) is 1. The first-order chi connectivity index (χ1) is 34.6. The average Bonchev–Trinajstić information content (AvgIpc) is 3.95. The molecule has 0 aromatic heterocycles. The van der Waals surface area contributed by atoms with Gasteiger partial charge in [-0.15, -0.1) is 0 Å². The Hall–Kier alpha value is -5.41. The number of hydrazine groups is 1. The average molecular weight is 1020 g/mol. The molecule has 0 radical (unpaired) electrons. The van der Waals surface area contributed by atoms with Crippen molar-refractivity contribution in [3.8, 4) is 0 Å². The van der Waals surface area contributed by atoms with Crippen LogP contribution in [-0.2, 0) is 59.0 Å². The maximum Gasteiger partial charge on any atom is 0.253 e. The van der Waals surface area contributed by atoms with E-state index in [1.165, 1.54) is 19.3 Å². The van der Waals surface area contributed by atoms with Gasteiger partial charge in [0.2, 0.25) is 35.4 Å². The molecule has 3 rings (SSSR count). The second-order valence-corrected chi connectivity index (χ2v) is 20.3. The number of hydrogen-bond acceptors (Lipinski definition) is 14. The highest BCUT2D eigenvalue weighted by Crippen LogP contribution is 2.44. The van der Waals surface area contributed by atoms with Crippen molar-refractivity contribution in [2.75, 3.05) is 47.9 Å². The van der Waals surface area contributed by atoms with Gasteiger partial charge in [-0.05, 0) is 76.1 Å². The van der Waals surface area contributed by atoms with Crippen molar-refractivity contribution in [3.63, 3.8) is 0 Å². The van der Waals surface area contributed by atoms with Gasteiger partial charge < -0.3 is 25.3 Å². The third kappa shape index (κ3) is 16.5. The van der Waals surface area contributed by atoms with E-state index in [0.717, 1.165) is 16.7 Å². The summed E-state index contributed by atoms with van der Waals surface area (Å²) in [7, 11) is 6.66. The van der Waals surface area contributed by atoms with Crippen LogP contribution >= 0.6 is 0 Å². The van der Waals surface area contributed by atoms with Crippen LogP contribution in [0.4, 0.5) is 0 Å². The predicted molar refractivity (Wildman–Crippen MR) is 275 cm³/mol. The van der Waals surface area contributed by atoms with E-state index >= 15 is 0 Å². The summed E-state index contributed by atoms with van der Waals surface area (Å²) >= 11 is 0. The van der Waals surface area contributed by atoms with Gasteiger partial charge in [0.05, 0.1) is 30.2 Å². The zero-order valence-corrected chi connectivity index (χ0v) is 45.1. The normalized spacial score (nSPS) is 18.8. The Morgan fingerprint density at radius 2 is 1.41 bits per heavy atom. The fourth-order valence-electron chi connectivity index (χ4n) is 10.9. The summed E-state index contributed by atoms with van der Waals surface area (Å²) in [5.41, 5.74) is 10.3. The molecule has 20 heteroatoms. The van der Waals surface area contributed by atoms with E-state index in [-0.39, 0.29) is 67.7 Å². The topological polar surface area (TPSA) is 259 Å². The summed E-state index contributed by atoms with van der Waals surface area (Å²) < 4.78 is 12.5. The number of nitrogens with zero attached hydrogens (tertiary/aromatic N) is 4. The molecule has 0 saturated carbocycles. The van der Waals surface area contributed by atoms with Gasteiger partial charge in [0.15, 0.2) is 0 Å². The number of primary amides is 1. The van der Waals surface area contributed by atoms with E-state index in [2.05, 4.69) is 26.4 Å². The maximum atomic E-state index is 14.8. The van der Waals surface area contributed by atoms with Gasteiger partial charge in [-0.2, -0.15) is 0 Å². The molecule has 0 bridgehead atoms. The first-order valence-corrected chi connectivity index (χ1v) is 25.9. The van der Waals surface area contributed by atoms with Crippen LogP contribution in [0.15, 0.2) is 42.5 Å². The van der Waals surface area contributed by atoms with Gasteiger partial charge in [0.1, 0.15) is 18.0 Å². The smallest absolute Gasteiger partial charge is 0.253 e. The molecule has 73 heavy (non-hydrogen) atoms. The number of carbonyl (C=O) groups excluding carboxylic acids is 9. The second-order valence-electron chi connectivity index (χ2n) is 20.3. The molecular weight excluding hydrogens is 939 g/mol. The number of amides is 8. The highest BCUT2D eigenvalue weighted by molar-refractivity contribution is 6.12. The van der Waals surface area contributed by atoms with Gasteiger partial charge >= 0.3 is 0 Å². The van der Waals surface area contributed by atoms with Crippen LogP contribution in [0.25, 0.3) is 0 Å². The molecule has 408 valence electrons. The van der Waals surface area contributed by atoms with Crippen molar-refractivity contribution >= 4 is 53.5 Å². The molecular formula is C53H85N9O11. The van der Waals surface area contributed by atoms with Crippen molar-refractivity contribution in [3.05, 3.63) is 48.0 Å². The number of unbranched alkanes of at least 4 members (excludes halogenated alkanes) is 2. The lowest BCUT2D eigenvalue weighted by Gasteiger charge is -2.59. The number of likely N-dealkylation sites (N-methyl/N-ethyl adjacent to an activating group) is 2. The number of aldehydes is 1. The monoisotopic (exact) mass is 1020 g/mol. The van der Waals surface area contributed by atoms with Crippen LogP contribution in [0.5, 0.6) is 0 Å². The Morgan fingerprint density at radius 3 is 1.95 bits per heavy atom. The zero-order chi connectivity index (χ0) is 54.6. The third-order valence-electron chi connectivity index (χ3n) is 14.6. The predicted octanol–water partition coefficient (Wildman–Crippen LogP) is 2.63. The molecule has 2 aliphatic rings. The minimum absolute atomic E-state index is 0.0229. The standard InChI is InChI=1S/C53H85N9O11/c1-12-36(6)53(41(72-10)28-32-63,62-31-19-23-40(62)48(73-11)37(7)50(69)55-39(49(54)68)33-38-21-15-13-16-22-38)60(9)47(35(4)5)52(71)56-51(70)46(34(2)3)59(8)29-20-25-43(65)58-57-42(64)24-17-14-18-30-61-44(66)26-27-45(61)67/h13,15-16,21-22,26-27,32,34-37,39-41,46-48H,12,14,17-20,23-25,28-31,33H2,1-11H3,(H2,54,68)(H,55,69)(H,57,64)(H,58,65)(H,56,70,71)/t36-,37+,39-,40-,41+,46-,47-,48+,53-/m0/s1. The number of hydrogen-bond donors (Lipinski definition) is 5. The molecule has 2 heterocycles. The molecule has 1 aromatic rings. The first kappa shape index (κ1) is 61.9. The SMILES string of the molecule is CC[C@H](C)[C@]([C@@H](CC=O)OC)(N(C)[C@H](C(=O)NC(=O)[C@H](C(C)C)N(C)CCCC(=O)NNC(=O)CCCCCN1C(=O)C=CC1=O)C(C)C)N1CCC[C@H]1[C@H](OC)[C@@H](C)C(=O)N[C@@H](Cc1ccccc1)C(N)=O. The molecule has 9 atom stereocenters. The molecule has 1 fully saturated rings. The van der Waals surface area contributed by atoms with E-state index in [9.17, 15) is 43.2 Å². The maximum absolute atomic E-state index is 14.8. The zero-order valence-electron chi connectivity index (χ0n) is 45.1. The second kappa shape index (κ2) is 30.1. The molecule has 6 N–H and O–H groups in total. The molecule has 0 spiro atoms. The number of benzene rings is 1. The lowest BCUT2D eigenvalue weighted by Crippen LogP contribution is -2.75. The number of imide groups is 2. The number of nitrogens with one attached hydrogen (secondary N) is 4. The van der Waals surface area contributed by atoms with E-state index in [1.807, 2.05) is 83.8 Å². The van der Waals surface area contributed by atoms with Crippen LogP contribution in [-0.4, -0.2) is 163 Å². The molecule has 1 aromatic carbocycles. The highest BCUT2D eigenvalue weighted by Gasteiger charge is 2.58. The quantitative estimate of drug-likeness (QED) is 0.0301. The van der Waals surface area contributed by atoms with Gasteiger partial charge in [-0.3, -0.25) is 74.1 Å². The Labute approximate surface area is 432 Å². The number of likely N-dealkylation sites (tertiary alicyclic amines) is 1. The summed E-state index contributed by atoms with van der Waals surface area (Å²) in [6.45, 7) is 14.5. The van der Waals surface area contributed by atoms with E-state index in [4.69, 9.17) is 15.2 Å². The lowest BCUT2D eigenvalue weighted by molar-refractivity contribution is -0.203. The molecule has 8 amide bonds. The molecule has 0 aliphatic carbocycles. The largest absolute Gasteiger partial charge is 0.379 e. The highest BCUT2D eigenvalue weighted by atomic mass is 16.5. The first-order valence-electron chi connectivity index (χ1n) is 25.9. The molecule has 20 nitrogen and oxygen atoms in total. The molecule has 0 unspecified atom stereocenters. The van der Waals surface area contributed by atoms with Gasteiger partial charge in [-0.1, -0.05) is 91.6 Å². The van der Waals surface area contributed by atoms with Crippen molar-refractivity contribution < 1.29 is 52.6 Å². The number of methoxy groups -OCH3 is 2. The van der Waals surface area contributed by atoms with Crippen LogP contribution in [0.2, 0.25) is 0 Å². The Kier molecular flexibility index (Phi) is 25.5. The Morgan fingerprint density at radius 1 is 0.822 bits per heavy atom. The third-order valence-corrected chi connectivity index (χ3v) is 14.6. The van der Waals surface area contributed by atoms with Gasteiger partial charge in [-0.25, -0.2) is 0 Å². The van der Waals surface area contributed by atoms with Gasteiger partial charge in [0.25, 0.3) is 11.8 Å². The number of rotatable bonds is 32. The minimum atomic E-state index is -1.16. The Balaban J connectivity index is 1.78. The fourth-order valence-corrected chi connectivity index (χ4v) is 10.9. The van der Waals surface area contributed by atoms with E-state index in [1.54, 1.807) is 26.0 Å². The van der Waals surface area contributed by atoms with Gasteiger partial charge in [0, 0.05) is 71.2 Å². The summed E-state index contributed by atoms with van der Waals surface area (Å²) in [4.78, 5) is 124. The minimum Gasteiger partial charge on any atom is -0.379 e. The summed E-state index contributed by atoms with van der Waals surface area (Å²) in [6, 6.07) is 6.19. The summed E-state index contributed by atoms with van der Waals surface area (Å²) in [5.74, 6) is -5.25. The van der Waals surface area contributed by atoms with Crippen LogP contribution < -0.4 is 27.2 Å². The number of ether oxygens (including phenoxy) is 2. The summed E-state index contributed by atoms with van der Waals surface area (Å²) in [5, 5.41) is 5.61. The summed E-state index contributed by atoms with van der Waals surface area (Å²) in [6.07, 6.45) is 6.07. The van der Waals surface area contributed by atoms with E-state index < -0.39 is 77.5 Å². The number of carbonyl (C=O) groups is 9. The van der Waals surface area contributed by atoms with Crippen molar-refractivity contribution in [2.24, 2.45) is 29.4 Å². The lowest BCUT2D eigenvalue weighted by atomic mass is 9.78. The van der Waals surface area contributed by atoms with Crippen molar-refractivity contribution in [2.45, 2.75) is 161 Å². The van der Waals surface area contributed by atoms with Crippen molar-refractivity contribution in [1.82, 2.24) is 41.1 Å². The van der Waals surface area contributed by atoms with Crippen LogP contribution in [0, 0.1) is 23.7 Å².